The standard InChI is InChI=1S/C25H29N3O5/c1-27(21(17-7-3-2-4-8-17)16-28-14-13-18(29)15-28)25(33)24(22(30)11-12-23(31)32)19-9-5-6-10-20(19)26/h2-12,18,21,24,29H,13-16,26H2,1H3,(H,31,32)/b12-11+. The van der Waals surface area contributed by atoms with Crippen LogP contribution >= 0.6 is 0 Å². The molecule has 33 heavy (non-hydrogen) atoms. The second-order valence-corrected chi connectivity index (χ2v) is 8.21. The third-order valence-electron chi connectivity index (χ3n) is 5.91. The van der Waals surface area contributed by atoms with Gasteiger partial charge in [0.15, 0.2) is 5.78 Å². The summed E-state index contributed by atoms with van der Waals surface area (Å²) in [5.41, 5.74) is 7.59. The Balaban J connectivity index is 1.96. The van der Waals surface area contributed by atoms with E-state index in [4.69, 9.17) is 10.8 Å². The van der Waals surface area contributed by atoms with Gasteiger partial charge in [-0.05, 0) is 29.7 Å². The largest absolute Gasteiger partial charge is 0.478 e. The highest BCUT2D eigenvalue weighted by molar-refractivity contribution is 6.13. The average molecular weight is 452 g/mol. The van der Waals surface area contributed by atoms with Gasteiger partial charge in [0.25, 0.3) is 0 Å². The molecule has 3 unspecified atom stereocenters. The van der Waals surface area contributed by atoms with E-state index < -0.39 is 29.7 Å². The third-order valence-corrected chi connectivity index (χ3v) is 5.91. The number of aliphatic hydroxyl groups excluding tert-OH is 1. The highest BCUT2D eigenvalue weighted by atomic mass is 16.4. The van der Waals surface area contributed by atoms with Crippen LogP contribution in [0.25, 0.3) is 0 Å². The number of carbonyl (C=O) groups excluding carboxylic acids is 2. The predicted octanol–water partition coefficient (Wildman–Crippen LogP) is 1.83. The Morgan fingerprint density at radius 3 is 2.39 bits per heavy atom. The van der Waals surface area contributed by atoms with Crippen molar-refractivity contribution in [2.75, 3.05) is 32.4 Å². The normalized spacial score (nSPS) is 18.2. The maximum absolute atomic E-state index is 13.7. The van der Waals surface area contributed by atoms with E-state index in [2.05, 4.69) is 4.90 Å². The number of amides is 1. The number of hydrogen-bond acceptors (Lipinski definition) is 6. The SMILES string of the molecule is CN(C(=O)C(C(=O)/C=C/C(=O)O)c1ccccc1N)C(CN1CCC(O)C1)c1ccccc1. The van der Waals surface area contributed by atoms with Gasteiger partial charge in [-0.25, -0.2) is 4.79 Å². The Bertz CT molecular complexity index is 1020. The lowest BCUT2D eigenvalue weighted by Crippen LogP contribution is -2.42. The van der Waals surface area contributed by atoms with Gasteiger partial charge in [0.2, 0.25) is 5.91 Å². The first-order valence-electron chi connectivity index (χ1n) is 10.8. The average Bonchev–Trinajstić information content (AvgIpc) is 3.22. The molecule has 1 aliphatic heterocycles. The monoisotopic (exact) mass is 451 g/mol. The van der Waals surface area contributed by atoms with E-state index in [1.807, 2.05) is 30.3 Å². The molecule has 3 atom stereocenters. The van der Waals surface area contributed by atoms with E-state index in [1.165, 1.54) is 4.90 Å². The first kappa shape index (κ1) is 24.2. The number of nitrogens with two attached hydrogens (primary N) is 1. The molecule has 0 aliphatic carbocycles. The summed E-state index contributed by atoms with van der Waals surface area (Å²) in [5.74, 6) is -3.70. The van der Waals surface area contributed by atoms with Crippen molar-refractivity contribution in [3.8, 4) is 0 Å². The fraction of sp³-hybridized carbons (Fsp3) is 0.320. The number of hydrogen-bond donors (Lipinski definition) is 3. The van der Waals surface area contributed by atoms with Crippen molar-refractivity contribution < 1.29 is 24.6 Å². The smallest absolute Gasteiger partial charge is 0.328 e. The summed E-state index contributed by atoms with van der Waals surface area (Å²) in [4.78, 5) is 41.3. The van der Waals surface area contributed by atoms with Crippen molar-refractivity contribution in [2.24, 2.45) is 0 Å². The molecule has 1 amide bonds. The molecule has 1 heterocycles. The summed E-state index contributed by atoms with van der Waals surface area (Å²) in [5, 5.41) is 18.9. The number of aliphatic hydroxyl groups is 1. The van der Waals surface area contributed by atoms with Gasteiger partial charge in [-0.3, -0.25) is 14.5 Å². The van der Waals surface area contributed by atoms with E-state index >= 15 is 0 Å². The number of nitrogen functional groups attached to an aromatic ring is 1. The molecule has 4 N–H and O–H groups in total. The molecule has 3 rings (SSSR count). The molecule has 8 nitrogen and oxygen atoms in total. The van der Waals surface area contributed by atoms with Gasteiger partial charge in [0.1, 0.15) is 5.92 Å². The number of nitrogens with zero attached hydrogens (tertiary/aromatic N) is 2. The van der Waals surface area contributed by atoms with Crippen LogP contribution in [0.5, 0.6) is 0 Å². The van der Waals surface area contributed by atoms with Crippen molar-refractivity contribution in [3.63, 3.8) is 0 Å². The second kappa shape index (κ2) is 10.9. The molecule has 1 aliphatic rings. The Kier molecular flexibility index (Phi) is 7.97. The highest BCUT2D eigenvalue weighted by Gasteiger charge is 2.35. The third kappa shape index (κ3) is 6.06. The fourth-order valence-corrected chi connectivity index (χ4v) is 4.14. The van der Waals surface area contributed by atoms with Crippen LogP contribution < -0.4 is 5.73 Å². The van der Waals surface area contributed by atoms with Crippen LogP contribution in [0.3, 0.4) is 0 Å². The van der Waals surface area contributed by atoms with Crippen molar-refractivity contribution in [2.45, 2.75) is 24.5 Å². The van der Waals surface area contributed by atoms with Crippen molar-refractivity contribution >= 4 is 23.3 Å². The van der Waals surface area contributed by atoms with Gasteiger partial charge in [-0.15, -0.1) is 0 Å². The Morgan fingerprint density at radius 1 is 1.12 bits per heavy atom. The number of rotatable bonds is 9. The number of likely N-dealkylation sites (tertiary alicyclic amines) is 1. The molecule has 2 aromatic carbocycles. The number of carbonyl (C=O) groups is 3. The minimum atomic E-state index is -1.28. The molecule has 0 aromatic heterocycles. The number of β-amino-alcohol motifs (C(OH)–C–C–N with tert-alkyl or cyclic N) is 1. The van der Waals surface area contributed by atoms with Gasteiger partial charge in [-0.2, -0.15) is 0 Å². The van der Waals surface area contributed by atoms with Gasteiger partial charge < -0.3 is 20.8 Å². The van der Waals surface area contributed by atoms with Crippen molar-refractivity contribution in [1.82, 2.24) is 9.80 Å². The lowest BCUT2D eigenvalue weighted by atomic mass is 9.90. The Hall–Kier alpha value is -3.49. The van der Waals surface area contributed by atoms with Crippen LogP contribution in [-0.2, 0) is 14.4 Å². The fourth-order valence-electron chi connectivity index (χ4n) is 4.14. The lowest BCUT2D eigenvalue weighted by molar-refractivity contribution is -0.138. The van der Waals surface area contributed by atoms with Crippen LogP contribution in [0, 0.1) is 0 Å². The van der Waals surface area contributed by atoms with Gasteiger partial charge in [-0.1, -0.05) is 48.5 Å². The highest BCUT2D eigenvalue weighted by Crippen LogP contribution is 2.30. The van der Waals surface area contributed by atoms with Crippen LogP contribution in [0.2, 0.25) is 0 Å². The first-order valence-corrected chi connectivity index (χ1v) is 10.8. The second-order valence-electron chi connectivity index (χ2n) is 8.21. The summed E-state index contributed by atoms with van der Waals surface area (Å²) in [6.45, 7) is 1.71. The minimum Gasteiger partial charge on any atom is -0.478 e. The molecule has 0 radical (unpaired) electrons. The zero-order valence-electron chi connectivity index (χ0n) is 18.5. The minimum absolute atomic E-state index is 0.278. The Morgan fingerprint density at radius 2 is 1.79 bits per heavy atom. The van der Waals surface area contributed by atoms with E-state index in [1.54, 1.807) is 31.3 Å². The number of aliphatic carboxylic acids is 1. The first-order chi connectivity index (χ1) is 15.8. The number of ketones is 1. The molecule has 8 heteroatoms. The summed E-state index contributed by atoms with van der Waals surface area (Å²) in [7, 11) is 1.63. The van der Waals surface area contributed by atoms with E-state index in [0.29, 0.717) is 31.6 Å². The number of anilines is 1. The topological polar surface area (TPSA) is 124 Å². The van der Waals surface area contributed by atoms with Crippen molar-refractivity contribution in [3.05, 3.63) is 77.9 Å². The van der Waals surface area contributed by atoms with Crippen LogP contribution in [-0.4, -0.2) is 70.5 Å². The molecular weight excluding hydrogens is 422 g/mol. The number of benzene rings is 2. The number of carboxylic acids is 1. The number of likely N-dealkylation sites (N-methyl/N-ethyl adjacent to an activating group) is 1. The maximum Gasteiger partial charge on any atom is 0.328 e. The molecule has 0 bridgehead atoms. The van der Waals surface area contributed by atoms with Gasteiger partial charge in [0.05, 0.1) is 12.1 Å². The molecule has 1 fully saturated rings. The number of carboxylic acid groups (broad SMARTS) is 1. The number of allylic oxidation sites excluding steroid dienone is 1. The quantitative estimate of drug-likeness (QED) is 0.302. The summed E-state index contributed by atoms with van der Waals surface area (Å²) in [6.07, 6.45) is 1.89. The van der Waals surface area contributed by atoms with Gasteiger partial charge >= 0.3 is 5.97 Å². The summed E-state index contributed by atoms with van der Waals surface area (Å²) in [6, 6.07) is 15.7. The summed E-state index contributed by atoms with van der Waals surface area (Å²) >= 11 is 0. The van der Waals surface area contributed by atoms with E-state index in [0.717, 1.165) is 17.7 Å². The summed E-state index contributed by atoms with van der Waals surface area (Å²) < 4.78 is 0. The van der Waals surface area contributed by atoms with Crippen LogP contribution in [0.15, 0.2) is 66.7 Å². The zero-order chi connectivity index (χ0) is 24.0. The van der Waals surface area contributed by atoms with Crippen LogP contribution in [0.1, 0.15) is 29.5 Å². The maximum atomic E-state index is 13.7. The van der Waals surface area contributed by atoms with Crippen LogP contribution in [0.4, 0.5) is 5.69 Å². The molecule has 174 valence electrons. The molecule has 2 aromatic rings. The van der Waals surface area contributed by atoms with Gasteiger partial charge in [0, 0.05) is 38.4 Å². The zero-order valence-corrected chi connectivity index (χ0v) is 18.5. The van der Waals surface area contributed by atoms with E-state index in [-0.39, 0.29) is 11.7 Å². The Labute approximate surface area is 192 Å². The predicted molar refractivity (Wildman–Crippen MR) is 124 cm³/mol. The molecular formula is C25H29N3O5. The van der Waals surface area contributed by atoms with Crippen molar-refractivity contribution in [1.29, 1.82) is 0 Å². The number of para-hydroxylation sites is 1. The molecule has 0 spiro atoms. The van der Waals surface area contributed by atoms with E-state index in [9.17, 15) is 19.5 Å². The lowest BCUT2D eigenvalue weighted by Gasteiger charge is -2.34. The molecule has 0 saturated carbocycles. The molecule has 1 saturated heterocycles.